The Morgan fingerprint density at radius 3 is 2.59 bits per heavy atom. The second kappa shape index (κ2) is 9.27. The highest BCUT2D eigenvalue weighted by Gasteiger charge is 2.34. The lowest BCUT2D eigenvalue weighted by Gasteiger charge is -2.38. The van der Waals surface area contributed by atoms with E-state index in [9.17, 15) is 18.3 Å². The number of rotatable bonds is 7. The summed E-state index contributed by atoms with van der Waals surface area (Å²) < 4.78 is 32.1. The number of hydrogen-bond donors (Lipinski definition) is 1. The van der Waals surface area contributed by atoms with E-state index in [1.54, 1.807) is 46.8 Å². The lowest BCUT2D eigenvalue weighted by molar-refractivity contribution is -0.0751. The molecule has 1 amide bonds. The highest BCUT2D eigenvalue weighted by atomic mass is 32.2. The van der Waals surface area contributed by atoms with Crippen molar-refractivity contribution in [2.45, 2.75) is 36.0 Å². The molecule has 1 saturated heterocycles. The smallest absolute Gasteiger partial charge is 0.253 e. The first-order valence-corrected chi connectivity index (χ1v) is 13.1. The molecule has 0 unspecified atom stereocenters. The van der Waals surface area contributed by atoms with Crippen molar-refractivity contribution < 1.29 is 23.1 Å². The van der Waals surface area contributed by atoms with Crippen molar-refractivity contribution in [2.75, 3.05) is 26.3 Å². The number of hydrogen-bond acceptors (Lipinski definition) is 7. The number of benzene rings is 2. The number of piperidine rings is 1. The Bertz CT molecular complexity index is 1200. The molecule has 9 heteroatoms. The molecule has 7 nitrogen and oxygen atoms in total. The number of aliphatic hydroxyl groups is 1. The molecular formula is C23H26N2O5S2. The van der Waals surface area contributed by atoms with Crippen LogP contribution in [-0.4, -0.2) is 61.2 Å². The number of sulfone groups is 1. The number of thiazole rings is 1. The van der Waals surface area contributed by atoms with Gasteiger partial charge in [-0.25, -0.2) is 13.4 Å². The minimum Gasteiger partial charge on any atom is -0.387 e. The molecular weight excluding hydrogens is 448 g/mol. The van der Waals surface area contributed by atoms with Gasteiger partial charge in [0.25, 0.3) is 5.91 Å². The largest absolute Gasteiger partial charge is 0.387 e. The first-order chi connectivity index (χ1) is 15.3. The van der Waals surface area contributed by atoms with Gasteiger partial charge in [0, 0.05) is 25.3 Å². The van der Waals surface area contributed by atoms with E-state index in [4.69, 9.17) is 4.74 Å². The van der Waals surface area contributed by atoms with Crippen LogP contribution in [0.1, 0.15) is 35.7 Å². The maximum absolute atomic E-state index is 13.0. The molecule has 2 heterocycles. The number of para-hydroxylation sites is 1. The molecule has 1 aliphatic heterocycles. The van der Waals surface area contributed by atoms with Gasteiger partial charge in [0.2, 0.25) is 0 Å². The summed E-state index contributed by atoms with van der Waals surface area (Å²) in [7, 11) is -3.57. The van der Waals surface area contributed by atoms with Gasteiger partial charge in [-0.1, -0.05) is 18.2 Å². The molecule has 32 heavy (non-hydrogen) atoms. The molecule has 0 bridgehead atoms. The van der Waals surface area contributed by atoms with Crippen molar-refractivity contribution in [2.24, 2.45) is 0 Å². The Balaban J connectivity index is 1.42. The van der Waals surface area contributed by atoms with Crippen LogP contribution in [0.3, 0.4) is 0 Å². The summed E-state index contributed by atoms with van der Waals surface area (Å²) in [6.07, 6.45) is 0.939. The fourth-order valence-electron chi connectivity index (χ4n) is 3.90. The maximum atomic E-state index is 13.0. The highest BCUT2D eigenvalue weighted by molar-refractivity contribution is 7.90. The van der Waals surface area contributed by atoms with Gasteiger partial charge in [-0.15, -0.1) is 11.3 Å². The highest BCUT2D eigenvalue weighted by Crippen LogP contribution is 2.28. The predicted octanol–water partition coefficient (Wildman–Crippen LogP) is 3.27. The monoisotopic (exact) mass is 474 g/mol. The van der Waals surface area contributed by atoms with E-state index < -0.39 is 15.4 Å². The predicted molar refractivity (Wildman–Crippen MR) is 124 cm³/mol. The number of aromatic nitrogens is 1. The molecule has 170 valence electrons. The van der Waals surface area contributed by atoms with Gasteiger partial charge in [0.15, 0.2) is 9.84 Å². The van der Waals surface area contributed by atoms with Gasteiger partial charge in [0.05, 0.1) is 38.6 Å². The van der Waals surface area contributed by atoms with Crippen LogP contribution < -0.4 is 0 Å². The standard InChI is InChI=1S/C23H26N2O5S2/c1-2-30-15-23(27)10-12-25(13-11-23)22(26)18-8-6-17(7-9-18)14-32(28,29)20-5-3-4-19-21(20)24-16-31-19/h3-9,16,27H,2,10-15H2,1H3. The zero-order valence-electron chi connectivity index (χ0n) is 17.9. The van der Waals surface area contributed by atoms with Crippen molar-refractivity contribution in [1.82, 2.24) is 9.88 Å². The summed E-state index contributed by atoms with van der Waals surface area (Å²) in [5.41, 5.74) is 2.37. The zero-order chi connectivity index (χ0) is 22.8. The third-order valence-corrected chi connectivity index (χ3v) is 8.28. The van der Waals surface area contributed by atoms with Crippen LogP contribution in [0.25, 0.3) is 10.2 Å². The van der Waals surface area contributed by atoms with E-state index in [0.717, 1.165) is 4.70 Å². The minimum absolute atomic E-state index is 0.120. The molecule has 0 spiro atoms. The van der Waals surface area contributed by atoms with Crippen molar-refractivity contribution in [3.8, 4) is 0 Å². The Morgan fingerprint density at radius 2 is 1.91 bits per heavy atom. The number of carbonyl (C=O) groups excluding carboxylic acids is 1. The average molecular weight is 475 g/mol. The van der Waals surface area contributed by atoms with Crippen molar-refractivity contribution in [3.05, 3.63) is 59.1 Å². The number of carbonyl (C=O) groups is 1. The normalized spacial score (nSPS) is 16.4. The molecule has 1 fully saturated rings. The zero-order valence-corrected chi connectivity index (χ0v) is 19.5. The van der Waals surface area contributed by atoms with E-state index in [0.29, 0.717) is 49.2 Å². The quantitative estimate of drug-likeness (QED) is 0.565. The van der Waals surface area contributed by atoms with Crippen LogP contribution in [0, 0.1) is 0 Å². The maximum Gasteiger partial charge on any atom is 0.253 e. The van der Waals surface area contributed by atoms with Crippen LogP contribution in [0.15, 0.2) is 52.9 Å². The van der Waals surface area contributed by atoms with Crippen LogP contribution >= 0.6 is 11.3 Å². The first kappa shape index (κ1) is 22.8. The summed E-state index contributed by atoms with van der Waals surface area (Å²) in [6.45, 7) is 3.62. The van der Waals surface area contributed by atoms with E-state index in [1.807, 2.05) is 13.0 Å². The van der Waals surface area contributed by atoms with Crippen LogP contribution in [0.4, 0.5) is 0 Å². The molecule has 1 N–H and O–H groups in total. The second-order valence-electron chi connectivity index (χ2n) is 8.06. The van der Waals surface area contributed by atoms with Crippen molar-refractivity contribution in [3.63, 3.8) is 0 Å². The van der Waals surface area contributed by atoms with Crippen LogP contribution in [0.2, 0.25) is 0 Å². The topological polar surface area (TPSA) is 96.8 Å². The summed E-state index contributed by atoms with van der Waals surface area (Å²) >= 11 is 1.41. The Hall–Kier alpha value is -2.33. The molecule has 0 aliphatic carbocycles. The molecule has 3 aromatic rings. The van der Waals surface area contributed by atoms with E-state index in [-0.39, 0.29) is 23.2 Å². The first-order valence-electron chi connectivity index (χ1n) is 10.5. The molecule has 4 rings (SSSR count). The number of amides is 1. The third kappa shape index (κ3) is 4.85. The number of nitrogens with zero attached hydrogens (tertiary/aromatic N) is 2. The minimum atomic E-state index is -3.57. The average Bonchev–Trinajstić information content (AvgIpc) is 3.27. The van der Waals surface area contributed by atoms with Crippen LogP contribution in [0.5, 0.6) is 0 Å². The van der Waals surface area contributed by atoms with Gasteiger partial charge >= 0.3 is 0 Å². The lowest BCUT2D eigenvalue weighted by Crippen LogP contribution is -2.49. The Kier molecular flexibility index (Phi) is 6.62. The Labute approximate surface area is 191 Å². The molecule has 0 radical (unpaired) electrons. The van der Waals surface area contributed by atoms with Gasteiger partial charge in [-0.05, 0) is 49.6 Å². The van der Waals surface area contributed by atoms with E-state index >= 15 is 0 Å². The number of fused-ring (bicyclic) bond motifs is 1. The molecule has 2 aromatic carbocycles. The van der Waals surface area contributed by atoms with E-state index in [2.05, 4.69) is 4.98 Å². The Morgan fingerprint density at radius 1 is 1.19 bits per heavy atom. The fraction of sp³-hybridized carbons (Fsp3) is 0.391. The second-order valence-corrected chi connectivity index (χ2v) is 10.9. The van der Waals surface area contributed by atoms with Crippen LogP contribution in [-0.2, 0) is 20.3 Å². The van der Waals surface area contributed by atoms with Gasteiger partial charge in [0.1, 0.15) is 0 Å². The summed E-state index contributed by atoms with van der Waals surface area (Å²) in [5, 5.41) is 10.5. The van der Waals surface area contributed by atoms with Crippen molar-refractivity contribution in [1.29, 1.82) is 0 Å². The van der Waals surface area contributed by atoms with Crippen molar-refractivity contribution >= 4 is 37.3 Å². The fourth-order valence-corrected chi connectivity index (χ4v) is 6.19. The summed E-state index contributed by atoms with van der Waals surface area (Å²) in [4.78, 5) is 19.0. The van der Waals surface area contributed by atoms with Gasteiger partial charge in [-0.3, -0.25) is 4.79 Å². The SMILES string of the molecule is CCOCC1(O)CCN(C(=O)c2ccc(CS(=O)(=O)c3cccc4scnc34)cc2)CC1. The molecule has 0 saturated carbocycles. The van der Waals surface area contributed by atoms with Gasteiger partial charge in [-0.2, -0.15) is 0 Å². The van der Waals surface area contributed by atoms with Gasteiger partial charge < -0.3 is 14.7 Å². The number of ether oxygens (including phenoxy) is 1. The number of likely N-dealkylation sites (tertiary alicyclic amines) is 1. The molecule has 1 aliphatic rings. The summed E-state index contributed by atoms with van der Waals surface area (Å²) in [6, 6.07) is 11.9. The summed E-state index contributed by atoms with van der Waals surface area (Å²) in [5.74, 6) is -0.281. The third-order valence-electron chi connectivity index (χ3n) is 5.77. The molecule has 0 atom stereocenters. The van der Waals surface area contributed by atoms with E-state index in [1.165, 1.54) is 11.3 Å². The molecule has 1 aromatic heterocycles. The lowest BCUT2D eigenvalue weighted by atomic mass is 9.92.